The summed E-state index contributed by atoms with van der Waals surface area (Å²) >= 11 is 0. The minimum Gasteiger partial charge on any atom is -0.359 e. The van der Waals surface area contributed by atoms with Crippen LogP contribution >= 0.6 is 0 Å². The summed E-state index contributed by atoms with van der Waals surface area (Å²) in [6, 6.07) is 0.535. The molecular weight excluding hydrogens is 136 g/mol. The summed E-state index contributed by atoms with van der Waals surface area (Å²) in [7, 11) is 2.07. The molecule has 0 N–H and O–H groups in total. The van der Waals surface area contributed by atoms with Crippen LogP contribution in [0.3, 0.4) is 0 Å². The van der Waals surface area contributed by atoms with Gasteiger partial charge in [0.25, 0.3) is 0 Å². The van der Waals surface area contributed by atoms with Gasteiger partial charge in [0.1, 0.15) is 0 Å². The third-order valence-electron chi connectivity index (χ3n) is 2.06. The van der Waals surface area contributed by atoms with E-state index in [2.05, 4.69) is 37.7 Å². The van der Waals surface area contributed by atoms with Crippen LogP contribution in [0.15, 0.2) is 16.8 Å². The van der Waals surface area contributed by atoms with E-state index >= 15 is 0 Å². The highest BCUT2D eigenvalue weighted by molar-refractivity contribution is 5.58. The van der Waals surface area contributed by atoms with E-state index in [-0.39, 0.29) is 0 Å². The van der Waals surface area contributed by atoms with Gasteiger partial charge in [0.2, 0.25) is 0 Å². The lowest BCUT2D eigenvalue weighted by Crippen LogP contribution is -2.37. The van der Waals surface area contributed by atoms with E-state index in [1.807, 2.05) is 12.5 Å². The lowest BCUT2D eigenvalue weighted by molar-refractivity contribution is 0.329. The van der Waals surface area contributed by atoms with Crippen molar-refractivity contribution in [3.63, 3.8) is 0 Å². The first-order valence-corrected chi connectivity index (χ1v) is 4.05. The van der Waals surface area contributed by atoms with Gasteiger partial charge in [-0.3, -0.25) is 0 Å². The fourth-order valence-corrected chi connectivity index (χ4v) is 1.72. The van der Waals surface area contributed by atoms with Gasteiger partial charge in [-0.2, -0.15) is 0 Å². The number of hydrogen-bond acceptors (Lipinski definition) is 2. The molecule has 0 fully saturated rings. The summed E-state index contributed by atoms with van der Waals surface area (Å²) in [5.74, 6) is 0.656. The maximum absolute atomic E-state index is 4.11. The van der Waals surface area contributed by atoms with E-state index in [0.29, 0.717) is 12.0 Å². The number of rotatable bonds is 1. The van der Waals surface area contributed by atoms with E-state index < -0.39 is 0 Å². The predicted octanol–water partition coefficient (Wildman–Crippen LogP) is 1.89. The molecule has 0 bridgehead atoms. The summed E-state index contributed by atoms with van der Waals surface area (Å²) in [6.45, 7) is 6.60. The number of nitrogens with zero attached hydrogens (tertiary/aromatic N) is 2. The summed E-state index contributed by atoms with van der Waals surface area (Å²) in [5, 5.41) is 0. The SMILES string of the molecule is CC1=CN=CN(C)C1C(C)C. The highest BCUT2D eigenvalue weighted by Gasteiger charge is 2.20. The fourth-order valence-electron chi connectivity index (χ4n) is 1.72. The standard InChI is InChI=1S/C9H16N2/c1-7(2)9-8(3)5-10-6-11(9)4/h5-7,9H,1-4H3. The van der Waals surface area contributed by atoms with Gasteiger partial charge in [-0.25, -0.2) is 4.99 Å². The summed E-state index contributed by atoms with van der Waals surface area (Å²) in [4.78, 5) is 6.28. The third kappa shape index (κ3) is 1.62. The molecule has 0 aliphatic carbocycles. The third-order valence-corrected chi connectivity index (χ3v) is 2.06. The van der Waals surface area contributed by atoms with Crippen LogP contribution in [0.5, 0.6) is 0 Å². The molecule has 0 spiro atoms. The predicted molar refractivity (Wildman–Crippen MR) is 48.6 cm³/mol. The van der Waals surface area contributed by atoms with Gasteiger partial charge in [0.05, 0.1) is 12.4 Å². The topological polar surface area (TPSA) is 15.6 Å². The largest absolute Gasteiger partial charge is 0.359 e. The second-order valence-electron chi connectivity index (χ2n) is 3.49. The van der Waals surface area contributed by atoms with Crippen molar-refractivity contribution in [3.8, 4) is 0 Å². The smallest absolute Gasteiger partial charge is 0.0907 e. The van der Waals surface area contributed by atoms with Crippen molar-refractivity contribution in [1.29, 1.82) is 0 Å². The van der Waals surface area contributed by atoms with E-state index in [0.717, 1.165) is 0 Å². The Kier molecular flexibility index (Phi) is 2.32. The lowest BCUT2D eigenvalue weighted by Gasteiger charge is -2.32. The zero-order chi connectivity index (χ0) is 8.43. The molecule has 1 rings (SSSR count). The molecule has 2 nitrogen and oxygen atoms in total. The molecule has 0 aromatic carbocycles. The summed E-state index contributed by atoms with van der Waals surface area (Å²) in [5.41, 5.74) is 1.35. The number of hydrogen-bond donors (Lipinski definition) is 0. The molecule has 62 valence electrons. The highest BCUT2D eigenvalue weighted by Crippen LogP contribution is 2.18. The second kappa shape index (κ2) is 3.07. The van der Waals surface area contributed by atoms with Crippen molar-refractivity contribution in [2.24, 2.45) is 10.9 Å². The molecule has 2 heteroatoms. The molecule has 0 aromatic rings. The van der Waals surface area contributed by atoms with Crippen LogP contribution in [0.1, 0.15) is 20.8 Å². The van der Waals surface area contributed by atoms with Gasteiger partial charge in [0.15, 0.2) is 0 Å². The highest BCUT2D eigenvalue weighted by atomic mass is 15.2. The first-order chi connectivity index (χ1) is 5.13. The van der Waals surface area contributed by atoms with E-state index in [4.69, 9.17) is 0 Å². The van der Waals surface area contributed by atoms with E-state index in [1.165, 1.54) is 5.57 Å². The van der Waals surface area contributed by atoms with Gasteiger partial charge in [-0.1, -0.05) is 13.8 Å². The molecule has 1 atom stereocenters. The van der Waals surface area contributed by atoms with Gasteiger partial charge < -0.3 is 4.90 Å². The zero-order valence-corrected chi connectivity index (χ0v) is 7.70. The maximum atomic E-state index is 4.11. The number of aliphatic imine (C=N–C) groups is 1. The minimum absolute atomic E-state index is 0.535. The average Bonchev–Trinajstić information content (AvgIpc) is 1.85. The summed E-state index contributed by atoms with van der Waals surface area (Å²) < 4.78 is 0. The molecule has 0 saturated carbocycles. The monoisotopic (exact) mass is 152 g/mol. The van der Waals surface area contributed by atoms with Gasteiger partial charge >= 0.3 is 0 Å². The first kappa shape index (κ1) is 8.31. The molecule has 1 aliphatic heterocycles. The van der Waals surface area contributed by atoms with Crippen molar-refractivity contribution in [2.75, 3.05) is 7.05 Å². The van der Waals surface area contributed by atoms with E-state index in [1.54, 1.807) is 0 Å². The van der Waals surface area contributed by atoms with Crippen LogP contribution in [0, 0.1) is 5.92 Å². The molecule has 0 aromatic heterocycles. The molecule has 11 heavy (non-hydrogen) atoms. The first-order valence-electron chi connectivity index (χ1n) is 4.05. The van der Waals surface area contributed by atoms with Crippen LogP contribution in [0.25, 0.3) is 0 Å². The maximum Gasteiger partial charge on any atom is 0.0907 e. The Morgan fingerprint density at radius 1 is 1.55 bits per heavy atom. The second-order valence-corrected chi connectivity index (χ2v) is 3.49. The Morgan fingerprint density at radius 3 is 2.55 bits per heavy atom. The Morgan fingerprint density at radius 2 is 2.18 bits per heavy atom. The molecule has 0 radical (unpaired) electrons. The quantitative estimate of drug-likeness (QED) is 0.560. The van der Waals surface area contributed by atoms with Crippen molar-refractivity contribution in [3.05, 3.63) is 11.8 Å². The van der Waals surface area contributed by atoms with Crippen LogP contribution in [-0.2, 0) is 0 Å². The molecule has 1 aliphatic rings. The normalized spacial score (nSPS) is 24.3. The average molecular weight is 152 g/mol. The Balaban J connectivity index is 2.78. The van der Waals surface area contributed by atoms with Crippen LogP contribution in [0.4, 0.5) is 0 Å². The molecule has 1 unspecified atom stereocenters. The van der Waals surface area contributed by atoms with Gasteiger partial charge in [0, 0.05) is 13.2 Å². The van der Waals surface area contributed by atoms with Crippen LogP contribution in [0.2, 0.25) is 0 Å². The Labute approximate surface area is 68.6 Å². The molecule has 0 amide bonds. The summed E-state index contributed by atoms with van der Waals surface area (Å²) in [6.07, 6.45) is 3.84. The van der Waals surface area contributed by atoms with Gasteiger partial charge in [-0.15, -0.1) is 0 Å². The van der Waals surface area contributed by atoms with Crippen LogP contribution in [-0.4, -0.2) is 24.3 Å². The molecule has 0 saturated heterocycles. The van der Waals surface area contributed by atoms with Gasteiger partial charge in [-0.05, 0) is 18.4 Å². The molecule has 1 heterocycles. The Hall–Kier alpha value is -0.790. The number of likely N-dealkylation sites (N-methyl/N-ethyl adjacent to an activating group) is 1. The van der Waals surface area contributed by atoms with Crippen molar-refractivity contribution >= 4 is 6.34 Å². The van der Waals surface area contributed by atoms with Crippen molar-refractivity contribution < 1.29 is 0 Å². The zero-order valence-electron chi connectivity index (χ0n) is 7.70. The molecular formula is C9H16N2. The fraction of sp³-hybridized carbons (Fsp3) is 0.667. The van der Waals surface area contributed by atoms with E-state index in [9.17, 15) is 0 Å². The van der Waals surface area contributed by atoms with Crippen molar-refractivity contribution in [1.82, 2.24) is 4.90 Å². The lowest BCUT2D eigenvalue weighted by atomic mass is 9.96. The Bertz CT molecular complexity index is 192. The van der Waals surface area contributed by atoms with Crippen molar-refractivity contribution in [2.45, 2.75) is 26.8 Å². The minimum atomic E-state index is 0.535. The van der Waals surface area contributed by atoms with Crippen LogP contribution < -0.4 is 0 Å².